The number of morpholine rings is 1. The highest BCUT2D eigenvalue weighted by Gasteiger charge is 2.39. The molecule has 1 aliphatic carbocycles. The van der Waals surface area contributed by atoms with E-state index in [0.29, 0.717) is 19.7 Å². The van der Waals surface area contributed by atoms with Crippen molar-refractivity contribution in [1.82, 2.24) is 9.88 Å². The number of ether oxygens (including phenoxy) is 1. The lowest BCUT2D eigenvalue weighted by Gasteiger charge is -2.44. The molecule has 2 heterocycles. The van der Waals surface area contributed by atoms with Crippen LogP contribution in [0.3, 0.4) is 0 Å². The minimum atomic E-state index is -1.05. The number of carbonyl (C=O) groups excluding carboxylic acids is 1. The number of hydrogen-bond acceptors (Lipinski definition) is 4. The summed E-state index contributed by atoms with van der Waals surface area (Å²) in [7, 11) is 0. The fraction of sp³-hybridized carbons (Fsp3) is 0.562. The maximum atomic E-state index is 12.6. The van der Waals surface area contributed by atoms with Crippen molar-refractivity contribution in [3.8, 4) is 0 Å². The maximum absolute atomic E-state index is 12.6. The number of amides is 1. The quantitative estimate of drug-likeness (QED) is 0.903. The molecule has 22 heavy (non-hydrogen) atoms. The molecule has 1 aromatic heterocycles. The van der Waals surface area contributed by atoms with Crippen LogP contribution >= 0.6 is 0 Å². The van der Waals surface area contributed by atoms with E-state index in [2.05, 4.69) is 4.98 Å². The van der Waals surface area contributed by atoms with Gasteiger partial charge in [-0.2, -0.15) is 0 Å². The first-order chi connectivity index (χ1) is 10.6. The zero-order valence-electron chi connectivity index (χ0n) is 12.5. The SMILES string of the molecule is O=C(O)c1ccnc(C(=O)N2CCOC3(CCCCC3)C2)c1. The van der Waals surface area contributed by atoms with Crippen LogP contribution in [-0.2, 0) is 4.74 Å². The molecule has 3 rings (SSSR count). The number of pyridine rings is 1. The molecule has 0 unspecified atom stereocenters. The van der Waals surface area contributed by atoms with Gasteiger partial charge in [0, 0.05) is 12.7 Å². The Bertz CT molecular complexity index is 576. The standard InChI is InChI=1S/C16H20N2O4/c19-14(13-10-12(15(20)21)4-7-17-13)18-8-9-22-16(11-18)5-2-1-3-6-16/h4,7,10H,1-3,5-6,8-9,11H2,(H,20,21). The molecule has 1 spiro atoms. The largest absolute Gasteiger partial charge is 0.478 e. The molecule has 118 valence electrons. The van der Waals surface area contributed by atoms with Gasteiger partial charge in [0.15, 0.2) is 0 Å². The Morgan fingerprint density at radius 2 is 2.05 bits per heavy atom. The molecule has 1 aromatic rings. The number of nitrogens with zero attached hydrogens (tertiary/aromatic N) is 2. The second-order valence-electron chi connectivity index (χ2n) is 6.05. The second kappa shape index (κ2) is 6.04. The maximum Gasteiger partial charge on any atom is 0.335 e. The molecule has 0 bridgehead atoms. The van der Waals surface area contributed by atoms with Gasteiger partial charge in [-0.3, -0.25) is 9.78 Å². The molecule has 1 saturated heterocycles. The van der Waals surface area contributed by atoms with Gasteiger partial charge in [-0.15, -0.1) is 0 Å². The van der Waals surface area contributed by atoms with Gasteiger partial charge in [0.1, 0.15) is 5.69 Å². The summed E-state index contributed by atoms with van der Waals surface area (Å²) in [5.74, 6) is -1.27. The van der Waals surface area contributed by atoms with Gasteiger partial charge in [-0.25, -0.2) is 4.79 Å². The Morgan fingerprint density at radius 3 is 2.77 bits per heavy atom. The van der Waals surface area contributed by atoms with E-state index >= 15 is 0 Å². The van der Waals surface area contributed by atoms with Crippen LogP contribution in [0.2, 0.25) is 0 Å². The minimum absolute atomic E-state index is 0.0824. The molecule has 1 aliphatic heterocycles. The van der Waals surface area contributed by atoms with Gasteiger partial charge >= 0.3 is 5.97 Å². The molecule has 1 amide bonds. The molecule has 0 aromatic carbocycles. The van der Waals surface area contributed by atoms with Crippen molar-refractivity contribution in [1.29, 1.82) is 0 Å². The first-order valence-corrected chi connectivity index (χ1v) is 7.72. The zero-order valence-corrected chi connectivity index (χ0v) is 12.5. The number of carbonyl (C=O) groups is 2. The summed E-state index contributed by atoms with van der Waals surface area (Å²) < 4.78 is 5.98. The van der Waals surface area contributed by atoms with Crippen LogP contribution in [0.15, 0.2) is 18.3 Å². The second-order valence-corrected chi connectivity index (χ2v) is 6.05. The monoisotopic (exact) mass is 304 g/mol. The lowest BCUT2D eigenvalue weighted by Crippen LogP contribution is -2.54. The first kappa shape index (κ1) is 15.0. The summed E-state index contributed by atoms with van der Waals surface area (Å²) >= 11 is 0. The zero-order chi connectivity index (χ0) is 15.6. The lowest BCUT2D eigenvalue weighted by molar-refractivity contribution is -0.117. The molecular weight excluding hydrogens is 284 g/mol. The number of aromatic nitrogens is 1. The summed E-state index contributed by atoms with van der Waals surface area (Å²) in [6.45, 7) is 1.63. The fourth-order valence-corrected chi connectivity index (χ4v) is 3.36. The number of carboxylic acids is 1. The van der Waals surface area contributed by atoms with Crippen molar-refractivity contribution in [3.05, 3.63) is 29.6 Å². The summed E-state index contributed by atoms with van der Waals surface area (Å²) in [5.41, 5.74) is 0.0584. The first-order valence-electron chi connectivity index (χ1n) is 7.72. The summed E-state index contributed by atoms with van der Waals surface area (Å²) in [4.78, 5) is 29.4. The average molecular weight is 304 g/mol. The van der Waals surface area contributed by atoms with Gasteiger partial charge in [-0.05, 0) is 25.0 Å². The molecule has 1 N–H and O–H groups in total. The molecular formula is C16H20N2O4. The van der Waals surface area contributed by atoms with Crippen LogP contribution in [-0.4, -0.2) is 52.2 Å². The van der Waals surface area contributed by atoms with Crippen molar-refractivity contribution < 1.29 is 19.4 Å². The molecule has 0 atom stereocenters. The molecule has 1 saturated carbocycles. The van der Waals surface area contributed by atoms with Gasteiger partial charge in [0.05, 0.1) is 24.3 Å². The molecule has 0 radical (unpaired) electrons. The van der Waals surface area contributed by atoms with Crippen LogP contribution in [0.25, 0.3) is 0 Å². The Balaban J connectivity index is 1.76. The van der Waals surface area contributed by atoms with E-state index < -0.39 is 5.97 Å². The topological polar surface area (TPSA) is 79.7 Å². The smallest absolute Gasteiger partial charge is 0.335 e. The highest BCUT2D eigenvalue weighted by Crippen LogP contribution is 2.34. The Hall–Kier alpha value is -1.95. The van der Waals surface area contributed by atoms with Crippen molar-refractivity contribution in [2.75, 3.05) is 19.7 Å². The van der Waals surface area contributed by atoms with Crippen LogP contribution in [0, 0.1) is 0 Å². The van der Waals surface area contributed by atoms with Crippen LogP contribution in [0.5, 0.6) is 0 Å². The Kier molecular flexibility index (Phi) is 4.11. The molecule has 2 aliphatic rings. The van der Waals surface area contributed by atoms with Crippen LogP contribution in [0.4, 0.5) is 0 Å². The predicted octanol–water partition coefficient (Wildman–Crippen LogP) is 1.96. The van der Waals surface area contributed by atoms with E-state index in [4.69, 9.17) is 9.84 Å². The normalized spacial score (nSPS) is 20.8. The number of aromatic carboxylic acids is 1. The third-order valence-electron chi connectivity index (χ3n) is 4.53. The fourth-order valence-electron chi connectivity index (χ4n) is 3.36. The van der Waals surface area contributed by atoms with Gasteiger partial charge in [-0.1, -0.05) is 19.3 Å². The van der Waals surface area contributed by atoms with E-state index in [1.807, 2.05) is 0 Å². The minimum Gasteiger partial charge on any atom is -0.478 e. The summed E-state index contributed by atoms with van der Waals surface area (Å²) in [5, 5.41) is 9.03. The van der Waals surface area contributed by atoms with Gasteiger partial charge in [0.25, 0.3) is 5.91 Å². The summed E-state index contributed by atoms with van der Waals surface area (Å²) in [6.07, 6.45) is 6.83. The van der Waals surface area contributed by atoms with Crippen molar-refractivity contribution in [2.24, 2.45) is 0 Å². The molecule has 6 nitrogen and oxygen atoms in total. The van der Waals surface area contributed by atoms with Gasteiger partial charge in [0.2, 0.25) is 0 Å². The van der Waals surface area contributed by atoms with E-state index in [1.54, 1.807) is 4.90 Å². The van der Waals surface area contributed by atoms with Crippen molar-refractivity contribution in [2.45, 2.75) is 37.7 Å². The van der Waals surface area contributed by atoms with Crippen molar-refractivity contribution >= 4 is 11.9 Å². The van der Waals surface area contributed by atoms with E-state index in [0.717, 1.165) is 25.7 Å². The predicted molar refractivity (Wildman–Crippen MR) is 78.9 cm³/mol. The van der Waals surface area contributed by atoms with Gasteiger partial charge < -0.3 is 14.7 Å². The Morgan fingerprint density at radius 1 is 1.27 bits per heavy atom. The van der Waals surface area contributed by atoms with E-state index in [1.165, 1.54) is 24.8 Å². The summed E-state index contributed by atoms with van der Waals surface area (Å²) in [6, 6.07) is 2.73. The molecule has 2 fully saturated rings. The number of hydrogen-bond donors (Lipinski definition) is 1. The number of carboxylic acid groups (broad SMARTS) is 1. The average Bonchev–Trinajstić information content (AvgIpc) is 2.55. The Labute approximate surface area is 129 Å². The van der Waals surface area contributed by atoms with E-state index in [9.17, 15) is 9.59 Å². The third kappa shape index (κ3) is 2.97. The van der Waals surface area contributed by atoms with Crippen LogP contribution in [0.1, 0.15) is 53.0 Å². The highest BCUT2D eigenvalue weighted by molar-refractivity contribution is 5.95. The molecule has 6 heteroatoms. The lowest BCUT2D eigenvalue weighted by atomic mass is 9.83. The number of rotatable bonds is 2. The van der Waals surface area contributed by atoms with E-state index in [-0.39, 0.29) is 22.8 Å². The highest BCUT2D eigenvalue weighted by atomic mass is 16.5. The van der Waals surface area contributed by atoms with Crippen LogP contribution < -0.4 is 0 Å². The van der Waals surface area contributed by atoms with Crippen molar-refractivity contribution in [3.63, 3.8) is 0 Å². The third-order valence-corrected chi connectivity index (χ3v) is 4.53.